The van der Waals surface area contributed by atoms with Gasteiger partial charge in [0.15, 0.2) is 0 Å². The molecule has 128 valence electrons. The number of halogens is 1. The zero-order chi connectivity index (χ0) is 17.3. The summed E-state index contributed by atoms with van der Waals surface area (Å²) in [5.74, 6) is 0.482. The molecule has 1 aromatic heterocycles. The number of benzene rings is 1. The normalized spacial score (nSPS) is 18.7. The summed E-state index contributed by atoms with van der Waals surface area (Å²) in [7, 11) is 0. The molecule has 6 heteroatoms. The van der Waals surface area contributed by atoms with E-state index in [2.05, 4.69) is 20.2 Å². The summed E-state index contributed by atoms with van der Waals surface area (Å²) < 4.78 is 13.6. The maximum absolute atomic E-state index is 13.6. The van der Waals surface area contributed by atoms with Crippen LogP contribution in [0.3, 0.4) is 0 Å². The first kappa shape index (κ1) is 16.6. The first-order chi connectivity index (χ1) is 11.3. The van der Waals surface area contributed by atoms with Crippen LogP contribution in [-0.4, -0.2) is 35.0 Å². The van der Waals surface area contributed by atoms with Crippen molar-refractivity contribution in [2.24, 2.45) is 5.41 Å². The number of rotatable bonds is 2. The van der Waals surface area contributed by atoms with Crippen molar-refractivity contribution in [1.29, 1.82) is 0 Å². The van der Waals surface area contributed by atoms with Crippen LogP contribution in [0.1, 0.15) is 33.6 Å². The van der Waals surface area contributed by atoms with E-state index in [0.717, 1.165) is 30.7 Å². The molecule has 1 saturated heterocycles. The van der Waals surface area contributed by atoms with Crippen LogP contribution in [0.5, 0.6) is 0 Å². The Morgan fingerprint density at radius 1 is 1.33 bits per heavy atom. The van der Waals surface area contributed by atoms with E-state index in [9.17, 15) is 9.18 Å². The van der Waals surface area contributed by atoms with E-state index in [1.54, 1.807) is 6.07 Å². The van der Waals surface area contributed by atoms with Crippen molar-refractivity contribution in [3.8, 4) is 0 Å². The van der Waals surface area contributed by atoms with Crippen LogP contribution in [-0.2, 0) is 4.79 Å². The minimum Gasteiger partial charge on any atom is -0.354 e. The van der Waals surface area contributed by atoms with E-state index in [-0.39, 0.29) is 17.8 Å². The Kier molecular flexibility index (Phi) is 4.39. The van der Waals surface area contributed by atoms with Crippen LogP contribution in [0.4, 0.5) is 10.2 Å². The minimum absolute atomic E-state index is 0.0490. The first-order valence-electron chi connectivity index (χ1n) is 8.31. The smallest absolute Gasteiger partial charge is 0.225 e. The Hall–Kier alpha value is -2.24. The van der Waals surface area contributed by atoms with Gasteiger partial charge < -0.3 is 10.2 Å². The van der Waals surface area contributed by atoms with Crippen molar-refractivity contribution >= 4 is 22.6 Å². The van der Waals surface area contributed by atoms with E-state index >= 15 is 0 Å². The van der Waals surface area contributed by atoms with Gasteiger partial charge in [0.25, 0.3) is 0 Å². The highest BCUT2D eigenvalue weighted by molar-refractivity contribution is 5.89. The van der Waals surface area contributed by atoms with E-state index in [4.69, 9.17) is 0 Å². The van der Waals surface area contributed by atoms with Crippen molar-refractivity contribution in [3.63, 3.8) is 0 Å². The first-order valence-corrected chi connectivity index (χ1v) is 8.31. The molecule has 2 heterocycles. The molecule has 2 aromatic rings. The summed E-state index contributed by atoms with van der Waals surface area (Å²) >= 11 is 0. The quantitative estimate of drug-likeness (QED) is 0.920. The lowest BCUT2D eigenvalue weighted by Crippen LogP contribution is -2.50. The van der Waals surface area contributed by atoms with Gasteiger partial charge in [-0.3, -0.25) is 4.79 Å². The molecule has 1 fully saturated rings. The molecular formula is C18H23FN4O. The second-order valence-electron chi connectivity index (χ2n) is 7.37. The molecule has 1 atom stereocenters. The fourth-order valence-corrected chi connectivity index (χ4v) is 2.96. The van der Waals surface area contributed by atoms with Gasteiger partial charge in [0.1, 0.15) is 18.0 Å². The predicted molar refractivity (Wildman–Crippen MR) is 92.3 cm³/mol. The number of nitrogens with zero attached hydrogens (tertiary/aromatic N) is 3. The second kappa shape index (κ2) is 6.34. The molecule has 1 N–H and O–H groups in total. The minimum atomic E-state index is -0.410. The maximum atomic E-state index is 13.6. The van der Waals surface area contributed by atoms with Crippen molar-refractivity contribution in [3.05, 3.63) is 30.3 Å². The summed E-state index contributed by atoms with van der Waals surface area (Å²) in [6.45, 7) is 7.23. The van der Waals surface area contributed by atoms with Crippen LogP contribution in [0.25, 0.3) is 10.9 Å². The highest BCUT2D eigenvalue weighted by atomic mass is 19.1. The van der Waals surface area contributed by atoms with Gasteiger partial charge in [0.05, 0.1) is 5.52 Å². The number of hydrogen-bond donors (Lipinski definition) is 1. The number of nitrogens with one attached hydrogen (secondary N) is 1. The molecule has 1 aromatic carbocycles. The van der Waals surface area contributed by atoms with Crippen molar-refractivity contribution in [2.75, 3.05) is 18.0 Å². The molecule has 0 radical (unpaired) electrons. The number of carbonyl (C=O) groups excluding carboxylic acids is 1. The van der Waals surface area contributed by atoms with E-state index in [0.29, 0.717) is 11.9 Å². The van der Waals surface area contributed by atoms with E-state index in [1.807, 2.05) is 20.8 Å². The number of hydrogen-bond acceptors (Lipinski definition) is 4. The molecular weight excluding hydrogens is 307 g/mol. The van der Waals surface area contributed by atoms with Gasteiger partial charge in [0.2, 0.25) is 5.91 Å². The molecule has 1 aliphatic heterocycles. The largest absolute Gasteiger partial charge is 0.354 e. The zero-order valence-corrected chi connectivity index (χ0v) is 14.3. The van der Waals surface area contributed by atoms with Gasteiger partial charge in [-0.2, -0.15) is 0 Å². The number of amides is 1. The summed E-state index contributed by atoms with van der Waals surface area (Å²) in [4.78, 5) is 22.9. The van der Waals surface area contributed by atoms with E-state index < -0.39 is 5.41 Å². The Bertz CT molecular complexity index is 756. The Labute approximate surface area is 141 Å². The lowest BCUT2D eigenvalue weighted by Gasteiger charge is -2.35. The Morgan fingerprint density at radius 2 is 2.12 bits per heavy atom. The summed E-state index contributed by atoms with van der Waals surface area (Å²) in [5.41, 5.74) is 0.315. The molecule has 3 rings (SSSR count). The van der Waals surface area contributed by atoms with E-state index in [1.165, 1.54) is 18.5 Å². The molecule has 5 nitrogen and oxygen atoms in total. The average molecular weight is 330 g/mol. The SMILES string of the molecule is CC(C)(C)C(=O)NC1CCCN(c2ncnc3ccc(F)cc23)C1. The molecule has 0 bridgehead atoms. The van der Waals surface area contributed by atoms with Crippen LogP contribution in [0.15, 0.2) is 24.5 Å². The van der Waals surface area contributed by atoms with Crippen LogP contribution in [0.2, 0.25) is 0 Å². The summed E-state index contributed by atoms with van der Waals surface area (Å²) in [6.07, 6.45) is 3.40. The number of aromatic nitrogens is 2. The summed E-state index contributed by atoms with van der Waals surface area (Å²) in [5, 5.41) is 3.83. The third kappa shape index (κ3) is 3.47. The average Bonchev–Trinajstić information content (AvgIpc) is 2.53. The second-order valence-corrected chi connectivity index (χ2v) is 7.37. The molecule has 0 aliphatic carbocycles. The number of carbonyl (C=O) groups is 1. The molecule has 0 spiro atoms. The fraction of sp³-hybridized carbons (Fsp3) is 0.500. The third-order valence-corrected chi connectivity index (χ3v) is 4.31. The zero-order valence-electron chi connectivity index (χ0n) is 14.3. The van der Waals surface area contributed by atoms with Gasteiger partial charge in [0, 0.05) is 29.9 Å². The van der Waals surface area contributed by atoms with Crippen LogP contribution in [0, 0.1) is 11.2 Å². The molecule has 0 saturated carbocycles. The van der Waals surface area contributed by atoms with Crippen molar-refractivity contribution in [1.82, 2.24) is 15.3 Å². The topological polar surface area (TPSA) is 58.1 Å². The number of anilines is 1. The van der Waals surface area contributed by atoms with Crippen molar-refractivity contribution < 1.29 is 9.18 Å². The number of piperidine rings is 1. The lowest BCUT2D eigenvalue weighted by atomic mass is 9.94. The number of fused-ring (bicyclic) bond motifs is 1. The monoisotopic (exact) mass is 330 g/mol. The molecule has 1 unspecified atom stereocenters. The summed E-state index contributed by atoms with van der Waals surface area (Å²) in [6, 6.07) is 4.62. The van der Waals surface area contributed by atoms with Gasteiger partial charge in [-0.15, -0.1) is 0 Å². The molecule has 1 amide bonds. The van der Waals surface area contributed by atoms with Gasteiger partial charge in [-0.1, -0.05) is 20.8 Å². The van der Waals surface area contributed by atoms with Crippen LogP contribution >= 0.6 is 0 Å². The highest BCUT2D eigenvalue weighted by Gasteiger charge is 2.28. The fourth-order valence-electron chi connectivity index (χ4n) is 2.96. The predicted octanol–water partition coefficient (Wildman–Crippen LogP) is 2.90. The van der Waals surface area contributed by atoms with Crippen molar-refractivity contribution in [2.45, 2.75) is 39.7 Å². The lowest BCUT2D eigenvalue weighted by molar-refractivity contribution is -0.129. The Morgan fingerprint density at radius 3 is 2.88 bits per heavy atom. The standard InChI is InChI=1S/C18H23FN4O/c1-18(2,3)17(24)22-13-5-4-8-23(10-13)16-14-9-12(19)6-7-15(14)20-11-21-16/h6-7,9,11,13H,4-5,8,10H2,1-3H3,(H,22,24). The van der Waals surface area contributed by atoms with Gasteiger partial charge in [-0.05, 0) is 31.0 Å². The Balaban J connectivity index is 1.83. The van der Waals surface area contributed by atoms with Gasteiger partial charge >= 0.3 is 0 Å². The highest BCUT2D eigenvalue weighted by Crippen LogP contribution is 2.26. The van der Waals surface area contributed by atoms with Crippen LogP contribution < -0.4 is 10.2 Å². The molecule has 1 aliphatic rings. The third-order valence-electron chi connectivity index (χ3n) is 4.31. The maximum Gasteiger partial charge on any atom is 0.225 e. The van der Waals surface area contributed by atoms with Gasteiger partial charge in [-0.25, -0.2) is 14.4 Å². The molecule has 24 heavy (non-hydrogen) atoms.